The lowest BCUT2D eigenvalue weighted by molar-refractivity contribution is -0.385. The van der Waals surface area contributed by atoms with E-state index in [9.17, 15) is 25.3 Å². The zero-order chi connectivity index (χ0) is 25.5. The van der Waals surface area contributed by atoms with Crippen LogP contribution >= 0.6 is 0 Å². The Labute approximate surface area is 210 Å². The van der Waals surface area contributed by atoms with E-state index in [0.29, 0.717) is 13.1 Å². The summed E-state index contributed by atoms with van der Waals surface area (Å²) in [6.45, 7) is 10.1. The van der Waals surface area contributed by atoms with Crippen molar-refractivity contribution >= 4 is 11.4 Å². The number of nitro benzene ring substituents is 2. The number of non-ortho nitro benzene ring substituents is 2. The van der Waals surface area contributed by atoms with E-state index in [1.54, 1.807) is 24.3 Å². The molecule has 0 saturated carbocycles. The summed E-state index contributed by atoms with van der Waals surface area (Å²) in [4.78, 5) is 30.2. The third-order valence-electron chi connectivity index (χ3n) is 6.97. The molecule has 194 valence electrons. The second-order valence-electron chi connectivity index (χ2n) is 9.65. The number of hydrogen-bond acceptors (Lipinski definition) is 9. The van der Waals surface area contributed by atoms with Gasteiger partial charge in [-0.2, -0.15) is 0 Å². The van der Waals surface area contributed by atoms with E-state index in [-0.39, 0.29) is 21.2 Å². The molecular weight excluding hydrogens is 464 g/mol. The molecule has 2 aliphatic rings. The van der Waals surface area contributed by atoms with E-state index in [0.717, 1.165) is 76.6 Å². The zero-order valence-electron chi connectivity index (χ0n) is 20.4. The predicted octanol–water partition coefficient (Wildman–Crippen LogP) is 1.80. The van der Waals surface area contributed by atoms with Gasteiger partial charge >= 0.3 is 0 Å². The summed E-state index contributed by atoms with van der Waals surface area (Å²) in [6, 6.07) is 13.5. The lowest BCUT2D eigenvalue weighted by Gasteiger charge is -2.38. The third kappa shape index (κ3) is 7.52. The number of hydrogen-bond donors (Lipinski definition) is 1. The Morgan fingerprint density at radius 2 is 0.917 bits per heavy atom. The number of aliphatic hydroxyl groups excluding tert-OH is 1. The van der Waals surface area contributed by atoms with Crippen LogP contribution in [0.2, 0.25) is 0 Å². The van der Waals surface area contributed by atoms with Crippen LogP contribution in [0.25, 0.3) is 0 Å². The van der Waals surface area contributed by atoms with Gasteiger partial charge in [-0.25, -0.2) is 0 Å². The van der Waals surface area contributed by atoms with Crippen molar-refractivity contribution in [3.8, 4) is 0 Å². The molecule has 0 amide bonds. The Hall–Kier alpha value is -2.96. The average Bonchev–Trinajstić information content (AvgIpc) is 2.87. The van der Waals surface area contributed by atoms with Crippen molar-refractivity contribution in [3.05, 3.63) is 79.9 Å². The van der Waals surface area contributed by atoms with E-state index in [1.807, 2.05) is 24.3 Å². The van der Waals surface area contributed by atoms with Crippen molar-refractivity contribution in [2.24, 2.45) is 0 Å². The summed E-state index contributed by atoms with van der Waals surface area (Å²) >= 11 is 0. The number of aliphatic hydroxyl groups is 1. The maximum atomic E-state index is 10.8. The van der Waals surface area contributed by atoms with Crippen LogP contribution in [0.15, 0.2) is 48.5 Å². The highest BCUT2D eigenvalue weighted by Gasteiger charge is 2.23. The first-order chi connectivity index (χ1) is 17.4. The van der Waals surface area contributed by atoms with Crippen LogP contribution in [0.4, 0.5) is 11.4 Å². The quantitative estimate of drug-likeness (QED) is 0.386. The Morgan fingerprint density at radius 3 is 1.22 bits per heavy atom. The second-order valence-corrected chi connectivity index (χ2v) is 9.65. The van der Waals surface area contributed by atoms with Gasteiger partial charge in [-0.05, 0) is 11.1 Å². The molecular formula is C25H34N6O5. The van der Waals surface area contributed by atoms with Crippen LogP contribution in [0.3, 0.4) is 0 Å². The Morgan fingerprint density at radius 1 is 0.611 bits per heavy atom. The number of rotatable bonds is 10. The summed E-state index contributed by atoms with van der Waals surface area (Å²) in [6.07, 6.45) is -0.396. The molecule has 4 rings (SSSR count). The van der Waals surface area contributed by atoms with Crippen LogP contribution in [0.5, 0.6) is 0 Å². The molecule has 0 unspecified atom stereocenters. The van der Waals surface area contributed by atoms with E-state index in [1.165, 1.54) is 0 Å². The molecule has 0 atom stereocenters. The molecule has 2 saturated heterocycles. The van der Waals surface area contributed by atoms with Gasteiger partial charge in [0.2, 0.25) is 0 Å². The first kappa shape index (κ1) is 26.1. The summed E-state index contributed by atoms with van der Waals surface area (Å²) in [5.74, 6) is 0. The maximum Gasteiger partial charge on any atom is 0.269 e. The summed E-state index contributed by atoms with van der Waals surface area (Å²) in [5.41, 5.74) is 2.37. The lowest BCUT2D eigenvalue weighted by atomic mass is 10.1. The molecule has 0 radical (unpaired) electrons. The smallest absolute Gasteiger partial charge is 0.269 e. The van der Waals surface area contributed by atoms with Crippen molar-refractivity contribution in [3.63, 3.8) is 0 Å². The minimum atomic E-state index is -0.396. The first-order valence-corrected chi connectivity index (χ1v) is 12.4. The van der Waals surface area contributed by atoms with Gasteiger partial charge in [0.15, 0.2) is 0 Å². The van der Waals surface area contributed by atoms with E-state index < -0.39 is 6.10 Å². The number of nitrogens with zero attached hydrogens (tertiary/aromatic N) is 6. The molecule has 1 N–H and O–H groups in total. The standard InChI is InChI=1S/C25H34N6O5/c32-25(19-28-13-9-26(10-14-28)17-21-1-5-23(6-2-21)30(33)34)20-29-15-11-27(12-16-29)18-22-3-7-24(8-4-22)31(35)36/h1-8,25,32H,9-20H2. The molecule has 2 fully saturated rings. The van der Waals surface area contributed by atoms with Crippen LogP contribution < -0.4 is 0 Å². The Kier molecular flexibility index (Phi) is 8.94. The highest BCUT2D eigenvalue weighted by molar-refractivity contribution is 5.33. The van der Waals surface area contributed by atoms with Gasteiger partial charge in [-0.15, -0.1) is 0 Å². The maximum absolute atomic E-state index is 10.8. The van der Waals surface area contributed by atoms with Crippen LogP contribution in [-0.2, 0) is 13.1 Å². The first-order valence-electron chi connectivity index (χ1n) is 12.4. The predicted molar refractivity (Wildman–Crippen MR) is 136 cm³/mol. The topological polar surface area (TPSA) is 119 Å². The number of benzene rings is 2. The molecule has 2 aromatic rings. The fourth-order valence-corrected chi connectivity index (χ4v) is 4.88. The van der Waals surface area contributed by atoms with Gasteiger partial charge in [0.25, 0.3) is 11.4 Å². The summed E-state index contributed by atoms with van der Waals surface area (Å²) in [7, 11) is 0. The molecule has 0 aromatic heterocycles. The largest absolute Gasteiger partial charge is 0.390 e. The average molecular weight is 499 g/mol. The van der Waals surface area contributed by atoms with E-state index >= 15 is 0 Å². The molecule has 2 aliphatic heterocycles. The third-order valence-corrected chi connectivity index (χ3v) is 6.97. The monoisotopic (exact) mass is 498 g/mol. The normalized spacial score (nSPS) is 18.5. The van der Waals surface area contributed by atoms with Crippen molar-refractivity contribution in [2.45, 2.75) is 19.2 Å². The highest BCUT2D eigenvalue weighted by atomic mass is 16.6. The molecule has 0 bridgehead atoms. The Balaban J connectivity index is 1.12. The second kappa shape index (κ2) is 12.3. The Bertz CT molecular complexity index is 921. The minimum absolute atomic E-state index is 0.114. The molecule has 11 heteroatoms. The minimum Gasteiger partial charge on any atom is -0.390 e. The fraction of sp³-hybridized carbons (Fsp3) is 0.520. The molecule has 36 heavy (non-hydrogen) atoms. The molecule has 0 spiro atoms. The molecule has 2 aromatic carbocycles. The SMILES string of the molecule is O=[N+]([O-])c1ccc(CN2CCN(CC(O)CN3CCN(Cc4ccc([N+](=O)[O-])cc4)CC3)CC2)cc1. The van der Waals surface area contributed by atoms with Crippen LogP contribution in [0, 0.1) is 20.2 Å². The van der Waals surface area contributed by atoms with Gasteiger partial charge in [0, 0.05) is 103 Å². The van der Waals surface area contributed by atoms with E-state index in [2.05, 4.69) is 19.6 Å². The molecule has 11 nitrogen and oxygen atoms in total. The lowest BCUT2D eigenvalue weighted by Crippen LogP contribution is -2.52. The van der Waals surface area contributed by atoms with Crippen LogP contribution in [0.1, 0.15) is 11.1 Å². The van der Waals surface area contributed by atoms with Crippen molar-refractivity contribution < 1.29 is 15.0 Å². The number of β-amino-alcohol motifs (C(OH)–C–C–N with tert-alkyl or cyclic N) is 1. The van der Waals surface area contributed by atoms with Gasteiger partial charge < -0.3 is 5.11 Å². The summed E-state index contributed by atoms with van der Waals surface area (Å²) in [5, 5.41) is 32.3. The van der Waals surface area contributed by atoms with Crippen LogP contribution in [-0.4, -0.2) is 106 Å². The van der Waals surface area contributed by atoms with E-state index in [4.69, 9.17) is 0 Å². The zero-order valence-corrected chi connectivity index (χ0v) is 20.4. The van der Waals surface area contributed by atoms with Gasteiger partial charge in [-0.1, -0.05) is 24.3 Å². The van der Waals surface area contributed by atoms with Crippen molar-refractivity contribution in [2.75, 3.05) is 65.4 Å². The number of nitro groups is 2. The highest BCUT2D eigenvalue weighted by Crippen LogP contribution is 2.16. The van der Waals surface area contributed by atoms with Crippen molar-refractivity contribution in [1.82, 2.24) is 19.6 Å². The van der Waals surface area contributed by atoms with Crippen molar-refractivity contribution in [1.29, 1.82) is 0 Å². The van der Waals surface area contributed by atoms with Gasteiger partial charge in [0.1, 0.15) is 0 Å². The fourth-order valence-electron chi connectivity index (χ4n) is 4.88. The number of piperazine rings is 2. The molecule has 2 heterocycles. The molecule has 0 aliphatic carbocycles. The summed E-state index contributed by atoms with van der Waals surface area (Å²) < 4.78 is 0. The van der Waals surface area contributed by atoms with Gasteiger partial charge in [0.05, 0.1) is 16.0 Å². The van der Waals surface area contributed by atoms with Gasteiger partial charge in [-0.3, -0.25) is 39.8 Å².